The molecule has 0 radical (unpaired) electrons. The minimum Gasteiger partial charge on any atom is -0.481 e. The molecule has 7 heteroatoms. The van der Waals surface area contributed by atoms with Gasteiger partial charge in [0.1, 0.15) is 6.61 Å². The highest BCUT2D eigenvalue weighted by Crippen LogP contribution is 2.44. The van der Waals surface area contributed by atoms with Gasteiger partial charge in [0.15, 0.2) is 0 Å². The molecule has 192 valence electrons. The highest BCUT2D eigenvalue weighted by atomic mass is 16.5. The topological polar surface area (TPSA) is 95.9 Å². The summed E-state index contributed by atoms with van der Waals surface area (Å²) >= 11 is 0. The molecule has 1 aliphatic rings. The molecule has 0 heterocycles. The van der Waals surface area contributed by atoms with Crippen molar-refractivity contribution >= 4 is 18.0 Å². The van der Waals surface area contributed by atoms with E-state index in [0.717, 1.165) is 27.8 Å². The number of carbonyl (C=O) groups excluding carboxylic acids is 2. The van der Waals surface area contributed by atoms with Gasteiger partial charge in [-0.2, -0.15) is 0 Å². The first kappa shape index (κ1) is 25.9. The lowest BCUT2D eigenvalue weighted by atomic mass is 9.98. The van der Waals surface area contributed by atoms with E-state index in [0.29, 0.717) is 13.0 Å². The molecule has 0 spiro atoms. The molecule has 0 bridgehead atoms. The first-order valence-corrected chi connectivity index (χ1v) is 12.6. The number of amides is 2. The summed E-state index contributed by atoms with van der Waals surface area (Å²) in [7, 11) is 0. The number of nitrogens with one attached hydrogen (secondary N) is 1. The largest absolute Gasteiger partial charge is 0.481 e. The summed E-state index contributed by atoms with van der Waals surface area (Å²) in [5, 5.41) is 11.9. The summed E-state index contributed by atoms with van der Waals surface area (Å²) in [6.07, 6.45) is -0.113. The zero-order chi connectivity index (χ0) is 26.2. The number of aliphatic carboxylic acids is 1. The normalized spacial score (nSPS) is 12.8. The Hall–Kier alpha value is -4.13. The maximum absolute atomic E-state index is 13.1. The number of benzene rings is 3. The SMILES string of the molecule is CC[C@H](CC(=O)N(CCC(=O)O)Cc1ccccc1)NC(=O)OCC1c2ccccc2-c2ccccc21. The van der Waals surface area contributed by atoms with Gasteiger partial charge in [0, 0.05) is 31.5 Å². The number of carbonyl (C=O) groups is 3. The standard InChI is InChI=1S/C30H32N2O5/c1-2-22(18-28(33)32(17-16-29(34)35)19-21-10-4-3-5-11-21)31-30(36)37-20-27-25-14-8-6-12-23(25)24-13-7-9-15-26(24)27/h3-15,22,27H,2,16-20H2,1H3,(H,31,36)(H,34,35)/t22-/m1/s1. The number of rotatable bonds is 11. The Labute approximate surface area is 217 Å². The van der Waals surface area contributed by atoms with E-state index in [1.54, 1.807) is 0 Å². The number of carboxylic acids is 1. The van der Waals surface area contributed by atoms with Crippen LogP contribution in [0.4, 0.5) is 4.79 Å². The molecule has 2 amide bonds. The molecule has 37 heavy (non-hydrogen) atoms. The minimum absolute atomic E-state index is 0.0442. The molecule has 3 aromatic carbocycles. The van der Waals surface area contributed by atoms with Crippen molar-refractivity contribution in [2.75, 3.05) is 13.2 Å². The van der Waals surface area contributed by atoms with Crippen molar-refractivity contribution in [3.63, 3.8) is 0 Å². The van der Waals surface area contributed by atoms with Crippen LogP contribution in [-0.2, 0) is 20.9 Å². The third-order valence-corrected chi connectivity index (χ3v) is 6.74. The Morgan fingerprint density at radius 2 is 1.51 bits per heavy atom. The zero-order valence-electron chi connectivity index (χ0n) is 20.9. The molecular formula is C30H32N2O5. The van der Waals surface area contributed by atoms with Gasteiger partial charge >= 0.3 is 12.1 Å². The van der Waals surface area contributed by atoms with Crippen LogP contribution in [0.3, 0.4) is 0 Å². The van der Waals surface area contributed by atoms with E-state index in [1.807, 2.05) is 61.5 Å². The molecule has 1 atom stereocenters. The van der Waals surface area contributed by atoms with Crippen LogP contribution in [0.1, 0.15) is 48.8 Å². The van der Waals surface area contributed by atoms with Crippen LogP contribution < -0.4 is 5.32 Å². The van der Waals surface area contributed by atoms with Gasteiger partial charge in [0.05, 0.1) is 6.42 Å². The fraction of sp³-hybridized carbons (Fsp3) is 0.300. The van der Waals surface area contributed by atoms with Gasteiger partial charge in [-0.05, 0) is 34.2 Å². The number of ether oxygens (including phenoxy) is 1. The lowest BCUT2D eigenvalue weighted by Gasteiger charge is -2.25. The summed E-state index contributed by atoms with van der Waals surface area (Å²) in [4.78, 5) is 38.5. The highest BCUT2D eigenvalue weighted by Gasteiger charge is 2.29. The number of hydrogen-bond acceptors (Lipinski definition) is 4. The highest BCUT2D eigenvalue weighted by molar-refractivity contribution is 5.80. The van der Waals surface area contributed by atoms with Gasteiger partial charge in [0.25, 0.3) is 0 Å². The predicted octanol–water partition coefficient (Wildman–Crippen LogP) is 5.20. The molecule has 0 unspecified atom stereocenters. The Morgan fingerprint density at radius 3 is 2.11 bits per heavy atom. The lowest BCUT2D eigenvalue weighted by molar-refractivity contribution is -0.138. The van der Waals surface area contributed by atoms with Crippen molar-refractivity contribution in [2.24, 2.45) is 0 Å². The summed E-state index contributed by atoms with van der Waals surface area (Å²) < 4.78 is 5.64. The van der Waals surface area contributed by atoms with Gasteiger partial charge in [-0.15, -0.1) is 0 Å². The number of fused-ring (bicyclic) bond motifs is 3. The molecule has 0 fully saturated rings. The van der Waals surface area contributed by atoms with E-state index in [9.17, 15) is 14.4 Å². The Balaban J connectivity index is 1.35. The third-order valence-electron chi connectivity index (χ3n) is 6.74. The Bertz CT molecular complexity index is 1200. The number of carboxylic acid groups (broad SMARTS) is 1. The maximum atomic E-state index is 13.1. The summed E-state index contributed by atoms with van der Waals surface area (Å²) in [6.45, 7) is 2.50. The van der Waals surface area contributed by atoms with Crippen molar-refractivity contribution in [2.45, 2.75) is 44.7 Å². The van der Waals surface area contributed by atoms with Crippen LogP contribution in [0.5, 0.6) is 0 Å². The lowest BCUT2D eigenvalue weighted by Crippen LogP contribution is -2.41. The van der Waals surface area contributed by atoms with Crippen LogP contribution in [0.2, 0.25) is 0 Å². The van der Waals surface area contributed by atoms with Gasteiger partial charge in [-0.3, -0.25) is 9.59 Å². The molecule has 1 aliphatic carbocycles. The first-order valence-electron chi connectivity index (χ1n) is 12.6. The quantitative estimate of drug-likeness (QED) is 0.377. The molecule has 3 aromatic rings. The molecule has 0 aromatic heterocycles. The molecule has 0 aliphatic heterocycles. The van der Waals surface area contributed by atoms with Crippen molar-refractivity contribution in [1.29, 1.82) is 0 Å². The summed E-state index contributed by atoms with van der Waals surface area (Å²) in [5.74, 6) is -1.22. The molecule has 0 saturated heterocycles. The Kier molecular flexibility index (Phi) is 8.56. The second-order valence-corrected chi connectivity index (χ2v) is 9.22. The van der Waals surface area contributed by atoms with Crippen LogP contribution >= 0.6 is 0 Å². The number of hydrogen-bond donors (Lipinski definition) is 2. The van der Waals surface area contributed by atoms with E-state index in [1.165, 1.54) is 4.90 Å². The van der Waals surface area contributed by atoms with Crippen molar-refractivity contribution < 1.29 is 24.2 Å². The average molecular weight is 501 g/mol. The molecule has 7 nitrogen and oxygen atoms in total. The fourth-order valence-electron chi connectivity index (χ4n) is 4.77. The number of nitrogens with zero attached hydrogens (tertiary/aromatic N) is 1. The van der Waals surface area contributed by atoms with E-state index in [2.05, 4.69) is 29.6 Å². The summed E-state index contributed by atoms with van der Waals surface area (Å²) in [5.41, 5.74) is 5.49. The predicted molar refractivity (Wildman–Crippen MR) is 141 cm³/mol. The van der Waals surface area contributed by atoms with Crippen molar-refractivity contribution in [3.05, 3.63) is 95.6 Å². The van der Waals surface area contributed by atoms with Gasteiger partial charge in [-0.1, -0.05) is 85.8 Å². The van der Waals surface area contributed by atoms with Crippen LogP contribution in [-0.4, -0.2) is 47.2 Å². The van der Waals surface area contributed by atoms with E-state index in [4.69, 9.17) is 9.84 Å². The maximum Gasteiger partial charge on any atom is 0.407 e. The number of alkyl carbamates (subject to hydrolysis) is 1. The molecule has 4 rings (SSSR count). The van der Waals surface area contributed by atoms with Gasteiger partial charge in [0.2, 0.25) is 5.91 Å². The van der Waals surface area contributed by atoms with Crippen LogP contribution in [0, 0.1) is 0 Å². The van der Waals surface area contributed by atoms with Crippen molar-refractivity contribution in [1.82, 2.24) is 10.2 Å². The van der Waals surface area contributed by atoms with Crippen LogP contribution in [0.15, 0.2) is 78.9 Å². The molecular weight excluding hydrogens is 468 g/mol. The minimum atomic E-state index is -0.963. The second kappa shape index (κ2) is 12.2. The van der Waals surface area contributed by atoms with Gasteiger partial charge < -0.3 is 20.1 Å². The second-order valence-electron chi connectivity index (χ2n) is 9.22. The smallest absolute Gasteiger partial charge is 0.407 e. The third kappa shape index (κ3) is 6.55. The zero-order valence-corrected chi connectivity index (χ0v) is 20.9. The van der Waals surface area contributed by atoms with E-state index >= 15 is 0 Å². The monoisotopic (exact) mass is 500 g/mol. The fourth-order valence-corrected chi connectivity index (χ4v) is 4.77. The van der Waals surface area contributed by atoms with Gasteiger partial charge in [-0.25, -0.2) is 4.79 Å². The molecule has 2 N–H and O–H groups in total. The summed E-state index contributed by atoms with van der Waals surface area (Å²) in [6, 6.07) is 25.3. The first-order chi connectivity index (χ1) is 18.0. The molecule has 0 saturated carbocycles. The van der Waals surface area contributed by atoms with Crippen molar-refractivity contribution in [3.8, 4) is 11.1 Å². The van der Waals surface area contributed by atoms with Crippen LogP contribution in [0.25, 0.3) is 11.1 Å². The Morgan fingerprint density at radius 1 is 0.919 bits per heavy atom. The van der Waals surface area contributed by atoms with E-state index in [-0.39, 0.29) is 37.8 Å². The average Bonchev–Trinajstić information content (AvgIpc) is 3.23. The van der Waals surface area contributed by atoms with E-state index < -0.39 is 18.1 Å².